The highest BCUT2D eigenvalue weighted by molar-refractivity contribution is 7.99. The molecule has 130 valence electrons. The fourth-order valence-corrected chi connectivity index (χ4v) is 4.01. The summed E-state index contributed by atoms with van der Waals surface area (Å²) in [5, 5.41) is 1.88. The quantitative estimate of drug-likeness (QED) is 0.463. The molecule has 2 aromatic heterocycles. The zero-order valence-electron chi connectivity index (χ0n) is 14.2. The Morgan fingerprint density at radius 1 is 1.04 bits per heavy atom. The highest BCUT2D eigenvalue weighted by atomic mass is 35.5. The molecular weight excluding hydrogens is 364 g/mol. The Morgan fingerprint density at radius 2 is 1.81 bits per heavy atom. The second kappa shape index (κ2) is 7.44. The van der Waals surface area contributed by atoms with E-state index in [9.17, 15) is 0 Å². The third-order valence-electron chi connectivity index (χ3n) is 4.17. The first kappa shape index (κ1) is 17.0. The lowest BCUT2D eigenvalue weighted by Gasteiger charge is -2.06. The van der Waals surface area contributed by atoms with Gasteiger partial charge in [0.15, 0.2) is 0 Å². The smallest absolute Gasteiger partial charge is 0.138 e. The molecule has 0 saturated heterocycles. The zero-order valence-corrected chi connectivity index (χ0v) is 15.8. The van der Waals surface area contributed by atoms with Gasteiger partial charge in [0.1, 0.15) is 11.4 Å². The van der Waals surface area contributed by atoms with Crippen molar-refractivity contribution in [3.8, 4) is 5.75 Å². The van der Waals surface area contributed by atoms with Crippen LogP contribution in [0.15, 0.2) is 76.7 Å². The molecule has 4 aromatic rings. The number of nitrogens with one attached hydrogen (secondary N) is 1. The van der Waals surface area contributed by atoms with Gasteiger partial charge in [0.2, 0.25) is 0 Å². The molecule has 4 rings (SSSR count). The maximum atomic E-state index is 6.02. The van der Waals surface area contributed by atoms with Crippen molar-refractivity contribution in [1.82, 2.24) is 9.97 Å². The van der Waals surface area contributed by atoms with Crippen LogP contribution >= 0.6 is 23.4 Å². The summed E-state index contributed by atoms with van der Waals surface area (Å²) in [4.78, 5) is 10.3. The van der Waals surface area contributed by atoms with Crippen molar-refractivity contribution in [3.63, 3.8) is 0 Å². The molecule has 0 spiro atoms. The summed E-state index contributed by atoms with van der Waals surface area (Å²) in [6.45, 7) is 0. The molecule has 0 aliphatic carbocycles. The van der Waals surface area contributed by atoms with Crippen molar-refractivity contribution in [2.75, 3.05) is 7.11 Å². The van der Waals surface area contributed by atoms with Gasteiger partial charge in [-0.2, -0.15) is 0 Å². The molecule has 0 amide bonds. The van der Waals surface area contributed by atoms with Gasteiger partial charge in [-0.15, -0.1) is 0 Å². The van der Waals surface area contributed by atoms with Gasteiger partial charge in [-0.1, -0.05) is 35.5 Å². The van der Waals surface area contributed by atoms with Gasteiger partial charge in [-0.25, -0.2) is 4.98 Å². The van der Waals surface area contributed by atoms with Crippen LogP contribution in [0.2, 0.25) is 5.02 Å². The summed E-state index contributed by atoms with van der Waals surface area (Å²) < 4.78 is 5.25. The van der Waals surface area contributed by atoms with Crippen LogP contribution in [0, 0.1) is 0 Å². The molecule has 0 saturated carbocycles. The number of rotatable bonds is 5. The molecule has 0 unspecified atom stereocenters. The monoisotopic (exact) mass is 380 g/mol. The van der Waals surface area contributed by atoms with Crippen LogP contribution in [0.25, 0.3) is 11.0 Å². The summed E-state index contributed by atoms with van der Waals surface area (Å²) in [5.74, 6) is 0.864. The number of pyridine rings is 1. The van der Waals surface area contributed by atoms with E-state index in [1.807, 2.05) is 48.7 Å². The Bertz CT molecular complexity index is 1030. The molecule has 5 heteroatoms. The van der Waals surface area contributed by atoms with E-state index < -0.39 is 0 Å². The van der Waals surface area contributed by atoms with E-state index >= 15 is 0 Å². The highest BCUT2D eigenvalue weighted by Gasteiger charge is 2.14. The Balaban J connectivity index is 1.71. The van der Waals surface area contributed by atoms with Crippen molar-refractivity contribution < 1.29 is 4.74 Å². The SMILES string of the molecule is COc1ccc(Cc2[nH]c3ncccc3c2Sc2ccc(Cl)cc2)cc1. The summed E-state index contributed by atoms with van der Waals surface area (Å²) in [7, 11) is 1.68. The van der Waals surface area contributed by atoms with E-state index in [4.69, 9.17) is 16.3 Å². The van der Waals surface area contributed by atoms with Gasteiger partial charge in [-0.05, 0) is 54.1 Å². The predicted molar refractivity (Wildman–Crippen MR) is 107 cm³/mol. The topological polar surface area (TPSA) is 37.9 Å². The van der Waals surface area contributed by atoms with Crippen molar-refractivity contribution >= 4 is 34.4 Å². The lowest BCUT2D eigenvalue weighted by molar-refractivity contribution is 0.414. The largest absolute Gasteiger partial charge is 0.497 e. The van der Waals surface area contributed by atoms with E-state index in [1.54, 1.807) is 18.9 Å². The van der Waals surface area contributed by atoms with Crippen LogP contribution in [0.4, 0.5) is 0 Å². The molecule has 0 bridgehead atoms. The molecule has 0 atom stereocenters. The molecule has 26 heavy (non-hydrogen) atoms. The minimum Gasteiger partial charge on any atom is -0.497 e. The number of H-pyrrole nitrogens is 1. The lowest BCUT2D eigenvalue weighted by Crippen LogP contribution is -1.91. The van der Waals surface area contributed by atoms with E-state index in [2.05, 4.69) is 28.2 Å². The summed E-state index contributed by atoms with van der Waals surface area (Å²) in [6, 6.07) is 20.2. The molecular formula is C21H17ClN2OS. The first-order valence-electron chi connectivity index (χ1n) is 8.25. The second-order valence-electron chi connectivity index (χ2n) is 5.91. The van der Waals surface area contributed by atoms with Crippen LogP contribution in [0.5, 0.6) is 5.75 Å². The number of methoxy groups -OCH3 is 1. The Hall–Kier alpha value is -2.43. The number of nitrogens with zero attached hydrogens (tertiary/aromatic N) is 1. The standard InChI is InChI=1S/C21H17ClN2OS/c1-25-16-8-4-14(5-9-16)13-19-20(18-3-2-12-23-21(18)24-19)26-17-10-6-15(22)7-11-17/h2-12H,13H2,1H3,(H,23,24). The fourth-order valence-electron chi connectivity index (χ4n) is 2.86. The Labute approximate surface area is 161 Å². The van der Waals surface area contributed by atoms with Crippen LogP contribution in [-0.4, -0.2) is 17.1 Å². The highest BCUT2D eigenvalue weighted by Crippen LogP contribution is 2.37. The maximum absolute atomic E-state index is 6.02. The minimum atomic E-state index is 0.744. The first-order valence-corrected chi connectivity index (χ1v) is 9.44. The Kier molecular flexibility index (Phi) is 4.87. The second-order valence-corrected chi connectivity index (χ2v) is 7.43. The molecule has 0 aliphatic rings. The number of aromatic nitrogens is 2. The fraction of sp³-hybridized carbons (Fsp3) is 0.0952. The lowest BCUT2D eigenvalue weighted by atomic mass is 10.1. The van der Waals surface area contributed by atoms with Gasteiger partial charge in [0.25, 0.3) is 0 Å². The molecule has 2 heterocycles. The van der Waals surface area contributed by atoms with Crippen molar-refractivity contribution in [2.45, 2.75) is 16.2 Å². The maximum Gasteiger partial charge on any atom is 0.138 e. The van der Waals surface area contributed by atoms with Crippen LogP contribution in [0.3, 0.4) is 0 Å². The number of aromatic amines is 1. The third kappa shape index (κ3) is 3.57. The first-order chi connectivity index (χ1) is 12.7. The van der Waals surface area contributed by atoms with Crippen LogP contribution in [0.1, 0.15) is 11.3 Å². The molecule has 0 radical (unpaired) electrons. The molecule has 3 nitrogen and oxygen atoms in total. The molecule has 0 aliphatic heterocycles. The summed E-state index contributed by atoms with van der Waals surface area (Å²) in [6.07, 6.45) is 2.61. The molecule has 1 N–H and O–H groups in total. The van der Waals surface area contributed by atoms with Gasteiger partial charge >= 0.3 is 0 Å². The van der Waals surface area contributed by atoms with Gasteiger partial charge < -0.3 is 9.72 Å². The van der Waals surface area contributed by atoms with E-state index in [0.717, 1.165) is 38.8 Å². The van der Waals surface area contributed by atoms with E-state index in [0.29, 0.717) is 0 Å². The number of fused-ring (bicyclic) bond motifs is 1. The normalized spacial score (nSPS) is 11.0. The predicted octanol–water partition coefficient (Wildman–Crippen LogP) is 5.97. The number of ether oxygens (including phenoxy) is 1. The Morgan fingerprint density at radius 3 is 2.54 bits per heavy atom. The zero-order chi connectivity index (χ0) is 17.9. The van der Waals surface area contributed by atoms with Crippen molar-refractivity contribution in [1.29, 1.82) is 0 Å². The van der Waals surface area contributed by atoms with Gasteiger partial charge in [-0.3, -0.25) is 0 Å². The number of benzene rings is 2. The summed E-state index contributed by atoms with van der Waals surface area (Å²) >= 11 is 7.75. The summed E-state index contributed by atoms with van der Waals surface area (Å²) in [5.41, 5.74) is 3.28. The third-order valence-corrected chi connectivity index (χ3v) is 5.60. The minimum absolute atomic E-state index is 0.744. The van der Waals surface area contributed by atoms with E-state index in [-0.39, 0.29) is 0 Å². The number of hydrogen-bond donors (Lipinski definition) is 1. The van der Waals surface area contributed by atoms with Gasteiger partial charge in [0, 0.05) is 38.5 Å². The average molecular weight is 381 g/mol. The van der Waals surface area contributed by atoms with Crippen molar-refractivity contribution in [2.24, 2.45) is 0 Å². The average Bonchev–Trinajstić information content (AvgIpc) is 3.01. The van der Waals surface area contributed by atoms with E-state index in [1.165, 1.54) is 10.5 Å². The molecule has 0 fully saturated rings. The van der Waals surface area contributed by atoms with Crippen LogP contribution < -0.4 is 4.74 Å². The molecule has 2 aromatic carbocycles. The van der Waals surface area contributed by atoms with Gasteiger partial charge in [0.05, 0.1) is 7.11 Å². The van der Waals surface area contributed by atoms with Crippen LogP contribution in [-0.2, 0) is 6.42 Å². The number of halogens is 1. The van der Waals surface area contributed by atoms with Crippen molar-refractivity contribution in [3.05, 3.63) is 83.1 Å². The number of hydrogen-bond acceptors (Lipinski definition) is 3.